The summed E-state index contributed by atoms with van der Waals surface area (Å²) in [6.07, 6.45) is 3.58. The number of aliphatic hydroxyl groups is 1. The van der Waals surface area contributed by atoms with Crippen molar-refractivity contribution in [1.29, 1.82) is 0 Å². The second-order valence-electron chi connectivity index (χ2n) is 4.60. The van der Waals surface area contributed by atoms with Crippen LogP contribution in [0, 0.1) is 5.82 Å². The highest BCUT2D eigenvalue weighted by atomic mass is 19.1. The van der Waals surface area contributed by atoms with Gasteiger partial charge in [0, 0.05) is 18.1 Å². The summed E-state index contributed by atoms with van der Waals surface area (Å²) in [5, 5.41) is 12.3. The molecule has 1 heterocycles. The molecule has 0 saturated heterocycles. The predicted octanol–water partition coefficient (Wildman–Crippen LogP) is 2.71. The summed E-state index contributed by atoms with van der Waals surface area (Å²) < 4.78 is 14.7. The van der Waals surface area contributed by atoms with Crippen LogP contribution in [0.15, 0.2) is 42.7 Å². The Morgan fingerprint density at radius 1 is 1.45 bits per heavy atom. The number of amides is 1. The van der Waals surface area contributed by atoms with Crippen molar-refractivity contribution in [3.63, 3.8) is 0 Å². The quantitative estimate of drug-likeness (QED) is 0.882. The van der Waals surface area contributed by atoms with Gasteiger partial charge in [-0.3, -0.25) is 4.79 Å². The Labute approximate surface area is 116 Å². The van der Waals surface area contributed by atoms with Crippen molar-refractivity contribution >= 4 is 11.6 Å². The van der Waals surface area contributed by atoms with E-state index in [9.17, 15) is 14.3 Å². The Morgan fingerprint density at radius 2 is 2.25 bits per heavy atom. The van der Waals surface area contributed by atoms with E-state index in [0.29, 0.717) is 12.1 Å². The molecule has 2 aromatic rings. The van der Waals surface area contributed by atoms with Gasteiger partial charge in [-0.2, -0.15) is 0 Å². The Bertz CT molecular complexity index is 595. The summed E-state index contributed by atoms with van der Waals surface area (Å²) in [6, 6.07) is 7.53. The van der Waals surface area contributed by atoms with Crippen molar-refractivity contribution in [2.45, 2.75) is 26.0 Å². The second-order valence-corrected chi connectivity index (χ2v) is 4.60. The fraction of sp³-hybridized carbons (Fsp3) is 0.267. The van der Waals surface area contributed by atoms with Crippen LogP contribution in [0.4, 0.5) is 10.1 Å². The van der Waals surface area contributed by atoms with E-state index in [1.54, 1.807) is 29.1 Å². The van der Waals surface area contributed by atoms with E-state index in [4.69, 9.17) is 0 Å². The third kappa shape index (κ3) is 3.68. The molecule has 1 aromatic carbocycles. The number of carbonyl (C=O) groups is 1. The van der Waals surface area contributed by atoms with Crippen molar-refractivity contribution in [2.24, 2.45) is 0 Å². The first-order chi connectivity index (χ1) is 9.58. The number of aromatic nitrogens is 1. The van der Waals surface area contributed by atoms with Gasteiger partial charge in [-0.15, -0.1) is 0 Å². The van der Waals surface area contributed by atoms with Crippen LogP contribution in [0.3, 0.4) is 0 Å². The van der Waals surface area contributed by atoms with Gasteiger partial charge < -0.3 is 15.0 Å². The molecule has 106 valence electrons. The topological polar surface area (TPSA) is 54.3 Å². The Hall–Kier alpha value is -2.14. The van der Waals surface area contributed by atoms with E-state index in [0.717, 1.165) is 5.56 Å². The average Bonchev–Trinajstić information content (AvgIpc) is 2.86. The van der Waals surface area contributed by atoms with Crippen LogP contribution in [0.2, 0.25) is 0 Å². The standard InChI is InChI=1S/C15H17FN2O2/c1-2-14(19)11-6-7-18(9-11)10-15(20)17-13-5-3-4-12(16)8-13/h3-9,14,19H,2,10H2,1H3,(H,17,20). The number of nitrogens with one attached hydrogen (secondary N) is 1. The Morgan fingerprint density at radius 3 is 2.95 bits per heavy atom. The molecular formula is C15H17FN2O2. The molecule has 4 nitrogen and oxygen atoms in total. The first-order valence-electron chi connectivity index (χ1n) is 6.47. The summed E-state index contributed by atoms with van der Waals surface area (Å²) >= 11 is 0. The maximum absolute atomic E-state index is 13.0. The summed E-state index contributed by atoms with van der Waals surface area (Å²) in [7, 11) is 0. The number of carbonyl (C=O) groups excluding carboxylic acids is 1. The van der Waals surface area contributed by atoms with Crippen molar-refractivity contribution in [3.8, 4) is 0 Å². The van der Waals surface area contributed by atoms with Gasteiger partial charge in [-0.1, -0.05) is 13.0 Å². The fourth-order valence-electron chi connectivity index (χ4n) is 1.92. The maximum atomic E-state index is 13.0. The highest BCUT2D eigenvalue weighted by Crippen LogP contribution is 2.16. The monoisotopic (exact) mass is 276 g/mol. The molecule has 0 saturated carbocycles. The van der Waals surface area contributed by atoms with Crippen LogP contribution < -0.4 is 5.32 Å². The molecule has 1 unspecified atom stereocenters. The van der Waals surface area contributed by atoms with Crippen LogP contribution in [0.1, 0.15) is 25.0 Å². The molecular weight excluding hydrogens is 259 g/mol. The van der Waals surface area contributed by atoms with Crippen molar-refractivity contribution in [2.75, 3.05) is 5.32 Å². The minimum Gasteiger partial charge on any atom is -0.388 e. The first kappa shape index (κ1) is 14.3. The van der Waals surface area contributed by atoms with Crippen LogP contribution in [0.25, 0.3) is 0 Å². The number of halogens is 1. The minimum atomic E-state index is -0.512. The number of hydrogen-bond donors (Lipinski definition) is 2. The van der Waals surface area contributed by atoms with Gasteiger partial charge in [0.1, 0.15) is 12.4 Å². The molecule has 0 aliphatic carbocycles. The van der Waals surface area contributed by atoms with E-state index in [2.05, 4.69) is 5.32 Å². The zero-order valence-corrected chi connectivity index (χ0v) is 11.2. The van der Waals surface area contributed by atoms with Gasteiger partial charge in [0.2, 0.25) is 5.91 Å². The van der Waals surface area contributed by atoms with Crippen molar-refractivity contribution in [3.05, 3.63) is 54.1 Å². The zero-order valence-electron chi connectivity index (χ0n) is 11.2. The van der Waals surface area contributed by atoms with Crippen LogP contribution in [-0.4, -0.2) is 15.6 Å². The summed E-state index contributed by atoms with van der Waals surface area (Å²) in [4.78, 5) is 11.8. The van der Waals surface area contributed by atoms with E-state index >= 15 is 0 Å². The summed E-state index contributed by atoms with van der Waals surface area (Å²) in [6.45, 7) is 2.01. The number of anilines is 1. The van der Waals surface area contributed by atoms with E-state index in [1.165, 1.54) is 18.2 Å². The van der Waals surface area contributed by atoms with E-state index in [1.807, 2.05) is 6.92 Å². The molecule has 0 bridgehead atoms. The second kappa shape index (κ2) is 6.34. The number of rotatable bonds is 5. The number of aliphatic hydroxyl groups excluding tert-OH is 1. The predicted molar refractivity (Wildman–Crippen MR) is 74.7 cm³/mol. The molecule has 0 radical (unpaired) electrons. The van der Waals surface area contributed by atoms with Gasteiger partial charge in [0.05, 0.1) is 6.10 Å². The lowest BCUT2D eigenvalue weighted by Gasteiger charge is -2.07. The van der Waals surface area contributed by atoms with Gasteiger partial charge in [0.25, 0.3) is 0 Å². The smallest absolute Gasteiger partial charge is 0.244 e. The molecule has 20 heavy (non-hydrogen) atoms. The highest BCUT2D eigenvalue weighted by molar-refractivity contribution is 5.90. The molecule has 1 amide bonds. The lowest BCUT2D eigenvalue weighted by Crippen LogP contribution is -2.17. The molecule has 0 spiro atoms. The molecule has 0 aliphatic heterocycles. The first-order valence-corrected chi connectivity index (χ1v) is 6.47. The van der Waals surface area contributed by atoms with Crippen LogP contribution in [0.5, 0.6) is 0 Å². The third-order valence-corrected chi connectivity index (χ3v) is 2.98. The maximum Gasteiger partial charge on any atom is 0.244 e. The van der Waals surface area contributed by atoms with Crippen LogP contribution >= 0.6 is 0 Å². The average molecular weight is 276 g/mol. The fourth-order valence-corrected chi connectivity index (χ4v) is 1.92. The summed E-state index contributed by atoms with van der Waals surface area (Å²) in [5.41, 5.74) is 1.21. The number of benzene rings is 1. The van der Waals surface area contributed by atoms with Crippen molar-refractivity contribution in [1.82, 2.24) is 4.57 Å². The molecule has 1 atom stereocenters. The van der Waals surface area contributed by atoms with E-state index in [-0.39, 0.29) is 12.5 Å². The lowest BCUT2D eigenvalue weighted by molar-refractivity contribution is -0.116. The molecule has 0 aliphatic rings. The number of hydrogen-bond acceptors (Lipinski definition) is 2. The molecule has 0 fully saturated rings. The van der Waals surface area contributed by atoms with Crippen LogP contribution in [-0.2, 0) is 11.3 Å². The lowest BCUT2D eigenvalue weighted by atomic mass is 10.1. The zero-order chi connectivity index (χ0) is 14.5. The molecule has 1 aromatic heterocycles. The minimum absolute atomic E-state index is 0.118. The van der Waals surface area contributed by atoms with Crippen molar-refractivity contribution < 1.29 is 14.3 Å². The molecule has 5 heteroatoms. The Kier molecular flexibility index (Phi) is 4.53. The third-order valence-electron chi connectivity index (χ3n) is 2.98. The largest absolute Gasteiger partial charge is 0.388 e. The highest BCUT2D eigenvalue weighted by Gasteiger charge is 2.08. The summed E-state index contributed by atoms with van der Waals surface area (Å²) in [5.74, 6) is -0.638. The molecule has 2 rings (SSSR count). The van der Waals surface area contributed by atoms with Gasteiger partial charge in [-0.05, 0) is 36.2 Å². The van der Waals surface area contributed by atoms with Gasteiger partial charge in [0.15, 0.2) is 0 Å². The number of nitrogens with zero attached hydrogens (tertiary/aromatic N) is 1. The van der Waals surface area contributed by atoms with Gasteiger partial charge in [-0.25, -0.2) is 4.39 Å². The van der Waals surface area contributed by atoms with E-state index < -0.39 is 11.9 Å². The SMILES string of the molecule is CCC(O)c1ccn(CC(=O)Nc2cccc(F)c2)c1. The molecule has 2 N–H and O–H groups in total. The normalized spacial score (nSPS) is 12.2. The Balaban J connectivity index is 1.96. The van der Waals surface area contributed by atoms with Gasteiger partial charge >= 0.3 is 0 Å².